The highest BCUT2D eigenvalue weighted by molar-refractivity contribution is 6.24. The second-order valence-electron chi connectivity index (χ2n) is 15.3. The average Bonchev–Trinajstić information content (AvgIpc) is 3.19. The van der Waals surface area contributed by atoms with Gasteiger partial charge in [-0.1, -0.05) is 74.3 Å². The Kier molecular flexibility index (Phi) is 7.36. The molecule has 2 saturated carbocycles. The van der Waals surface area contributed by atoms with Crippen LogP contribution in [0.2, 0.25) is 0 Å². The number of allylic oxidation sites excluding steroid dienone is 1. The highest BCUT2D eigenvalue weighted by atomic mass is 16.3. The quantitative estimate of drug-likeness (QED) is 0.286. The van der Waals surface area contributed by atoms with Gasteiger partial charge in [0.25, 0.3) is 0 Å². The molecule has 5 rings (SSSR count). The van der Waals surface area contributed by atoms with Crippen LogP contribution in [0.3, 0.4) is 0 Å². The molecule has 43 heavy (non-hydrogen) atoms. The summed E-state index contributed by atoms with van der Waals surface area (Å²) in [6.07, 6.45) is 3.32. The van der Waals surface area contributed by atoms with Gasteiger partial charge in [0.15, 0.2) is 17.2 Å². The maximum absolute atomic E-state index is 14.6. The van der Waals surface area contributed by atoms with E-state index in [2.05, 4.69) is 33.8 Å². The molecule has 4 N–H and O–H groups in total. The fourth-order valence-corrected chi connectivity index (χ4v) is 9.71. The second kappa shape index (κ2) is 10.0. The molecule has 0 amide bonds. The molecule has 1 aromatic rings. The summed E-state index contributed by atoms with van der Waals surface area (Å²) in [5.41, 5.74) is -2.98. The zero-order valence-corrected chi connectivity index (χ0v) is 27.1. The smallest absolute Gasteiger partial charge is 0.203 e. The second-order valence-corrected chi connectivity index (χ2v) is 15.3. The molecule has 0 bridgehead atoms. The molecule has 6 atom stereocenters. The van der Waals surface area contributed by atoms with E-state index in [1.54, 1.807) is 6.92 Å². The lowest BCUT2D eigenvalue weighted by Crippen LogP contribution is -2.69. The van der Waals surface area contributed by atoms with Gasteiger partial charge in [-0.2, -0.15) is 0 Å². The Labute approximate surface area is 255 Å². The molecule has 0 heterocycles. The number of rotatable bonds is 5. The summed E-state index contributed by atoms with van der Waals surface area (Å²) < 4.78 is 0. The number of benzene rings is 1. The highest BCUT2D eigenvalue weighted by Crippen LogP contribution is 2.65. The first-order valence-corrected chi connectivity index (χ1v) is 15.9. The first kappa shape index (κ1) is 31.5. The predicted molar refractivity (Wildman–Crippen MR) is 165 cm³/mol. The molecule has 0 spiro atoms. The van der Waals surface area contributed by atoms with Crippen molar-refractivity contribution in [3.8, 4) is 5.75 Å². The van der Waals surface area contributed by atoms with Gasteiger partial charge in [-0.05, 0) is 72.5 Å². The van der Waals surface area contributed by atoms with Crippen LogP contribution in [0.5, 0.6) is 5.75 Å². The van der Waals surface area contributed by atoms with Gasteiger partial charge in [0, 0.05) is 22.3 Å². The number of carbonyl (C=O) groups is 3. The van der Waals surface area contributed by atoms with E-state index in [-0.39, 0.29) is 35.1 Å². The van der Waals surface area contributed by atoms with Crippen molar-refractivity contribution >= 4 is 23.1 Å². The Bertz CT molecular complexity index is 1480. The molecule has 234 valence electrons. The normalized spacial score (nSPS) is 35.9. The Morgan fingerprint density at radius 1 is 1.02 bits per heavy atom. The van der Waals surface area contributed by atoms with Gasteiger partial charge in [0.2, 0.25) is 5.78 Å². The Morgan fingerprint density at radius 2 is 1.60 bits per heavy atom. The van der Waals surface area contributed by atoms with Gasteiger partial charge < -0.3 is 20.4 Å². The summed E-state index contributed by atoms with van der Waals surface area (Å²) in [4.78, 5) is 40.9. The van der Waals surface area contributed by atoms with Crippen LogP contribution in [0.4, 0.5) is 0 Å². The summed E-state index contributed by atoms with van der Waals surface area (Å²) in [6, 6.07) is 2.07. The topological polar surface area (TPSA) is 132 Å². The van der Waals surface area contributed by atoms with E-state index in [0.29, 0.717) is 30.6 Å². The van der Waals surface area contributed by atoms with Gasteiger partial charge in [-0.25, -0.2) is 0 Å². The van der Waals surface area contributed by atoms with Crippen molar-refractivity contribution in [2.45, 2.75) is 106 Å². The van der Waals surface area contributed by atoms with Gasteiger partial charge in [-0.3, -0.25) is 14.4 Å². The van der Waals surface area contributed by atoms with Gasteiger partial charge in [-0.15, -0.1) is 0 Å². The number of aliphatic hydroxyl groups excluding tert-OH is 2. The summed E-state index contributed by atoms with van der Waals surface area (Å²) in [5, 5.41) is 47.5. The van der Waals surface area contributed by atoms with Gasteiger partial charge in [0.05, 0.1) is 5.56 Å². The van der Waals surface area contributed by atoms with Crippen LogP contribution >= 0.6 is 0 Å². The fraction of sp³-hybridized carbons (Fsp3) is 0.639. The molecule has 0 radical (unpaired) electrons. The van der Waals surface area contributed by atoms with Gasteiger partial charge >= 0.3 is 0 Å². The maximum Gasteiger partial charge on any atom is 0.203 e. The highest BCUT2D eigenvalue weighted by Gasteiger charge is 2.72. The van der Waals surface area contributed by atoms with Crippen LogP contribution in [0.1, 0.15) is 110 Å². The minimum absolute atomic E-state index is 0.0473. The molecule has 0 aliphatic heterocycles. The lowest BCUT2D eigenvalue weighted by atomic mass is 9.43. The fourth-order valence-electron chi connectivity index (χ4n) is 9.71. The zero-order chi connectivity index (χ0) is 32.1. The summed E-state index contributed by atoms with van der Waals surface area (Å²) in [5.74, 6) is -3.42. The molecule has 2 fully saturated rings. The molecule has 0 saturated heterocycles. The first-order chi connectivity index (χ1) is 19.8. The van der Waals surface area contributed by atoms with Crippen molar-refractivity contribution in [2.24, 2.45) is 40.4 Å². The van der Waals surface area contributed by atoms with E-state index in [1.807, 2.05) is 20.8 Å². The monoisotopic (exact) mass is 592 g/mol. The largest absolute Gasteiger partial charge is 0.508 e. The number of phenolic OH excluding ortho intramolecular Hbond substituents is 1. The standard InChI is InChI=1S/C36H48O7/c1-16(2)22-12-21(13-23-18(5)10-11-19(23)6)29(38)26-24(22)14-34(8)15-35(9)27(17(3)4)30(39)25(20(7)37)32(41)36(35,43)33(42)28(34)31(26)40/h12,16-19,23,27,38,40-41,43H,10-11,13-15H2,1-9H3/t18?,19?,23?,27?,34-,35-,36+/m1/s1. The van der Waals surface area contributed by atoms with Crippen molar-refractivity contribution in [3.63, 3.8) is 0 Å². The molecular weight excluding hydrogens is 544 g/mol. The number of carbonyl (C=O) groups excluding carboxylic acids is 3. The summed E-state index contributed by atoms with van der Waals surface area (Å²) in [7, 11) is 0. The van der Waals surface area contributed by atoms with Crippen molar-refractivity contribution < 1.29 is 34.8 Å². The van der Waals surface area contributed by atoms with Crippen LogP contribution in [0.25, 0.3) is 5.76 Å². The molecule has 4 aliphatic carbocycles. The number of aromatic hydroxyl groups is 1. The third kappa shape index (κ3) is 4.13. The van der Waals surface area contributed by atoms with Crippen LogP contribution in [0, 0.1) is 40.4 Å². The average molecular weight is 593 g/mol. The Morgan fingerprint density at radius 3 is 2.12 bits per heavy atom. The number of fused-ring (bicyclic) bond motifs is 3. The lowest BCUT2D eigenvalue weighted by Gasteiger charge is -2.60. The third-order valence-corrected chi connectivity index (χ3v) is 11.7. The van der Waals surface area contributed by atoms with Gasteiger partial charge in [0.1, 0.15) is 22.8 Å². The van der Waals surface area contributed by atoms with Crippen LogP contribution in [-0.2, 0) is 27.2 Å². The molecule has 4 aliphatic rings. The Hall–Kier alpha value is -2.93. The lowest BCUT2D eigenvalue weighted by molar-refractivity contribution is -0.178. The minimum atomic E-state index is -2.60. The maximum atomic E-state index is 14.6. The van der Waals surface area contributed by atoms with Crippen molar-refractivity contribution in [2.75, 3.05) is 0 Å². The van der Waals surface area contributed by atoms with Crippen molar-refractivity contribution in [3.05, 3.63) is 45.2 Å². The predicted octanol–water partition coefficient (Wildman–Crippen LogP) is 6.54. The number of ketones is 3. The SMILES string of the molecule is CC(=O)C1=C(O)[C@]2(O)C(=O)C3=C(O)c4c(O)c(CC5C(C)CCC5C)cc(C(C)C)c4C[C@]3(C)C[C@]2(C)C(C(C)C)C1=O. The van der Waals surface area contributed by atoms with E-state index in [4.69, 9.17) is 0 Å². The van der Waals surface area contributed by atoms with E-state index in [9.17, 15) is 34.8 Å². The molecule has 7 nitrogen and oxygen atoms in total. The van der Waals surface area contributed by atoms with Crippen LogP contribution in [0.15, 0.2) is 23.0 Å². The van der Waals surface area contributed by atoms with Crippen LogP contribution < -0.4 is 0 Å². The number of hydrogen-bond donors (Lipinski definition) is 4. The summed E-state index contributed by atoms with van der Waals surface area (Å²) in [6.45, 7) is 16.9. The van der Waals surface area contributed by atoms with Crippen molar-refractivity contribution in [1.29, 1.82) is 0 Å². The van der Waals surface area contributed by atoms with Crippen molar-refractivity contribution in [1.82, 2.24) is 0 Å². The number of Topliss-reactive ketones (excluding diaryl/α,β-unsaturated/α-hetero) is 3. The third-order valence-electron chi connectivity index (χ3n) is 11.7. The van der Waals surface area contributed by atoms with E-state index >= 15 is 0 Å². The van der Waals surface area contributed by atoms with E-state index < -0.39 is 56.8 Å². The first-order valence-electron chi connectivity index (χ1n) is 15.9. The van der Waals surface area contributed by atoms with E-state index in [1.165, 1.54) is 0 Å². The minimum Gasteiger partial charge on any atom is -0.508 e. The number of hydrogen-bond acceptors (Lipinski definition) is 7. The Balaban J connectivity index is 1.78. The number of phenols is 1. The molecular formula is C36H48O7. The molecule has 1 aromatic carbocycles. The molecule has 0 aromatic heterocycles. The number of aliphatic hydroxyl groups is 3. The zero-order valence-electron chi connectivity index (χ0n) is 27.1. The van der Waals surface area contributed by atoms with Crippen LogP contribution in [-0.4, -0.2) is 43.4 Å². The summed E-state index contributed by atoms with van der Waals surface area (Å²) >= 11 is 0. The molecule has 3 unspecified atom stereocenters. The van der Waals surface area contributed by atoms with E-state index in [0.717, 1.165) is 36.5 Å². The molecule has 7 heteroatoms.